The minimum Gasteiger partial charge on any atom is -0.508 e. The molecular formula is C18H29NO2. The van der Waals surface area contributed by atoms with Crippen LogP contribution in [0.15, 0.2) is 12.1 Å². The molecule has 0 radical (unpaired) electrons. The summed E-state index contributed by atoms with van der Waals surface area (Å²) in [5, 5.41) is 12.5. The van der Waals surface area contributed by atoms with Crippen LogP contribution in [0, 0.1) is 13.8 Å². The molecule has 0 aliphatic rings. The van der Waals surface area contributed by atoms with Crippen molar-refractivity contribution in [2.24, 2.45) is 0 Å². The third-order valence-corrected chi connectivity index (χ3v) is 3.82. The summed E-state index contributed by atoms with van der Waals surface area (Å²) >= 11 is 0. The van der Waals surface area contributed by atoms with Gasteiger partial charge in [-0.3, -0.25) is 4.79 Å². The van der Waals surface area contributed by atoms with E-state index in [0.717, 1.165) is 29.7 Å². The van der Waals surface area contributed by atoms with E-state index in [1.54, 1.807) is 6.07 Å². The van der Waals surface area contributed by atoms with Gasteiger partial charge < -0.3 is 10.4 Å². The molecule has 0 heterocycles. The van der Waals surface area contributed by atoms with Gasteiger partial charge in [0.25, 0.3) is 0 Å². The number of aryl methyl sites for hydroxylation is 2. The number of nitrogens with one attached hydrogen (secondary N) is 1. The van der Waals surface area contributed by atoms with Crippen LogP contribution in [-0.2, 0) is 4.79 Å². The number of hydrogen-bond acceptors (Lipinski definition) is 2. The fourth-order valence-electron chi connectivity index (χ4n) is 2.39. The number of benzene rings is 1. The Hall–Kier alpha value is -1.51. The van der Waals surface area contributed by atoms with Gasteiger partial charge in [-0.05, 0) is 43.5 Å². The highest BCUT2D eigenvalue weighted by Crippen LogP contribution is 2.25. The van der Waals surface area contributed by atoms with Gasteiger partial charge in [0.15, 0.2) is 0 Å². The van der Waals surface area contributed by atoms with Crippen LogP contribution in [0.3, 0.4) is 0 Å². The number of rotatable bonds is 9. The summed E-state index contributed by atoms with van der Waals surface area (Å²) < 4.78 is 0. The number of carbonyl (C=O) groups excluding carboxylic acids is 1. The first-order chi connectivity index (χ1) is 10.0. The molecule has 0 atom stereocenters. The van der Waals surface area contributed by atoms with E-state index < -0.39 is 0 Å². The molecule has 0 aromatic heterocycles. The van der Waals surface area contributed by atoms with Crippen molar-refractivity contribution >= 4 is 11.6 Å². The number of hydrogen-bond donors (Lipinski definition) is 2. The third kappa shape index (κ3) is 6.65. The van der Waals surface area contributed by atoms with Crippen LogP contribution in [0.1, 0.15) is 69.4 Å². The Morgan fingerprint density at radius 3 is 2.29 bits per heavy atom. The van der Waals surface area contributed by atoms with Crippen LogP contribution in [0.5, 0.6) is 5.75 Å². The highest BCUT2D eigenvalue weighted by atomic mass is 16.3. The Morgan fingerprint density at radius 2 is 1.62 bits per heavy atom. The van der Waals surface area contributed by atoms with Gasteiger partial charge in [-0.15, -0.1) is 0 Å². The SMILES string of the molecule is CCCCCCCCCC(=O)Nc1cc(C)c(O)cc1C. The summed E-state index contributed by atoms with van der Waals surface area (Å²) in [6.45, 7) is 5.95. The fraction of sp³-hybridized carbons (Fsp3) is 0.611. The van der Waals surface area contributed by atoms with Crippen molar-refractivity contribution in [2.75, 3.05) is 5.32 Å². The van der Waals surface area contributed by atoms with Crippen LogP contribution in [0.4, 0.5) is 5.69 Å². The van der Waals surface area contributed by atoms with Crippen molar-refractivity contribution in [2.45, 2.75) is 72.1 Å². The van der Waals surface area contributed by atoms with Crippen molar-refractivity contribution in [1.29, 1.82) is 0 Å². The van der Waals surface area contributed by atoms with E-state index in [1.807, 2.05) is 19.9 Å². The molecule has 3 nitrogen and oxygen atoms in total. The molecule has 1 aromatic carbocycles. The van der Waals surface area contributed by atoms with Crippen LogP contribution in [0.25, 0.3) is 0 Å². The molecule has 3 heteroatoms. The lowest BCUT2D eigenvalue weighted by atomic mass is 10.1. The molecule has 0 spiro atoms. The number of carbonyl (C=O) groups is 1. The zero-order valence-corrected chi connectivity index (χ0v) is 13.7. The fourth-order valence-corrected chi connectivity index (χ4v) is 2.39. The highest BCUT2D eigenvalue weighted by molar-refractivity contribution is 5.91. The summed E-state index contributed by atoms with van der Waals surface area (Å²) in [5.74, 6) is 0.342. The van der Waals surface area contributed by atoms with Gasteiger partial charge in [-0.1, -0.05) is 45.4 Å². The molecule has 118 valence electrons. The molecule has 0 saturated heterocycles. The molecule has 2 N–H and O–H groups in total. The first-order valence-corrected chi connectivity index (χ1v) is 8.14. The Labute approximate surface area is 128 Å². The molecule has 0 bridgehead atoms. The largest absolute Gasteiger partial charge is 0.508 e. The molecule has 1 rings (SSSR count). The minimum absolute atomic E-state index is 0.0664. The third-order valence-electron chi connectivity index (χ3n) is 3.82. The first-order valence-electron chi connectivity index (χ1n) is 8.14. The number of amides is 1. The van der Waals surface area contributed by atoms with Crippen molar-refractivity contribution in [3.05, 3.63) is 23.3 Å². The minimum atomic E-state index is 0.0664. The standard InChI is InChI=1S/C18H29NO2/c1-4-5-6-7-8-9-10-11-18(21)19-16-12-15(3)17(20)13-14(16)2/h12-13,20H,4-11H2,1-3H3,(H,19,21). The van der Waals surface area contributed by atoms with E-state index in [1.165, 1.54) is 32.1 Å². The van der Waals surface area contributed by atoms with E-state index >= 15 is 0 Å². The monoisotopic (exact) mass is 291 g/mol. The van der Waals surface area contributed by atoms with Crippen molar-refractivity contribution in [3.8, 4) is 5.75 Å². The van der Waals surface area contributed by atoms with E-state index in [0.29, 0.717) is 6.42 Å². The summed E-state index contributed by atoms with van der Waals surface area (Å²) in [4.78, 5) is 11.9. The quantitative estimate of drug-likeness (QED) is 0.492. The lowest BCUT2D eigenvalue weighted by Crippen LogP contribution is -2.12. The smallest absolute Gasteiger partial charge is 0.224 e. The predicted molar refractivity (Wildman–Crippen MR) is 88.8 cm³/mol. The molecule has 1 aromatic rings. The topological polar surface area (TPSA) is 49.3 Å². The van der Waals surface area contributed by atoms with Gasteiger partial charge in [0.05, 0.1) is 0 Å². The summed E-state index contributed by atoms with van der Waals surface area (Å²) in [5.41, 5.74) is 2.48. The van der Waals surface area contributed by atoms with Crippen LogP contribution >= 0.6 is 0 Å². The van der Waals surface area contributed by atoms with Gasteiger partial charge in [-0.25, -0.2) is 0 Å². The maximum absolute atomic E-state index is 11.9. The Balaban J connectivity index is 2.26. The van der Waals surface area contributed by atoms with Gasteiger partial charge in [-0.2, -0.15) is 0 Å². The number of aromatic hydroxyl groups is 1. The Bertz CT molecular complexity index is 455. The molecule has 0 aliphatic heterocycles. The lowest BCUT2D eigenvalue weighted by molar-refractivity contribution is -0.116. The first kappa shape index (κ1) is 17.5. The van der Waals surface area contributed by atoms with Gasteiger partial charge >= 0.3 is 0 Å². The second kappa shape index (κ2) is 9.43. The molecule has 0 aliphatic carbocycles. The van der Waals surface area contributed by atoms with Crippen molar-refractivity contribution in [3.63, 3.8) is 0 Å². The Morgan fingerprint density at radius 1 is 1.00 bits per heavy atom. The molecule has 0 unspecified atom stereocenters. The Kier molecular flexibility index (Phi) is 7.88. The summed E-state index contributed by atoms with van der Waals surface area (Å²) in [7, 11) is 0. The van der Waals surface area contributed by atoms with E-state index in [-0.39, 0.29) is 11.7 Å². The summed E-state index contributed by atoms with van der Waals surface area (Å²) in [6.07, 6.45) is 9.07. The van der Waals surface area contributed by atoms with Gasteiger partial charge in [0, 0.05) is 12.1 Å². The molecule has 0 fully saturated rings. The zero-order valence-electron chi connectivity index (χ0n) is 13.7. The zero-order chi connectivity index (χ0) is 15.7. The average molecular weight is 291 g/mol. The maximum Gasteiger partial charge on any atom is 0.224 e. The predicted octanol–water partition coefficient (Wildman–Crippen LogP) is 5.09. The highest BCUT2D eigenvalue weighted by Gasteiger charge is 2.07. The average Bonchev–Trinajstić information content (AvgIpc) is 2.44. The van der Waals surface area contributed by atoms with E-state index in [9.17, 15) is 9.90 Å². The lowest BCUT2D eigenvalue weighted by Gasteiger charge is -2.10. The second-order valence-electron chi connectivity index (χ2n) is 5.87. The molecule has 1 amide bonds. The molecule has 21 heavy (non-hydrogen) atoms. The number of phenolic OH excluding ortho intramolecular Hbond substituents is 1. The van der Waals surface area contributed by atoms with Gasteiger partial charge in [0.1, 0.15) is 5.75 Å². The molecule has 0 saturated carbocycles. The summed E-state index contributed by atoms with van der Waals surface area (Å²) in [6, 6.07) is 3.52. The van der Waals surface area contributed by atoms with Crippen molar-refractivity contribution in [1.82, 2.24) is 0 Å². The van der Waals surface area contributed by atoms with Crippen LogP contribution in [-0.4, -0.2) is 11.0 Å². The van der Waals surface area contributed by atoms with E-state index in [2.05, 4.69) is 12.2 Å². The second-order valence-corrected chi connectivity index (χ2v) is 5.87. The van der Waals surface area contributed by atoms with Gasteiger partial charge in [0.2, 0.25) is 5.91 Å². The van der Waals surface area contributed by atoms with Crippen LogP contribution < -0.4 is 5.32 Å². The normalized spacial score (nSPS) is 10.6. The maximum atomic E-state index is 11.9. The number of unbranched alkanes of at least 4 members (excludes halogenated alkanes) is 6. The number of phenols is 1. The van der Waals surface area contributed by atoms with Crippen LogP contribution in [0.2, 0.25) is 0 Å². The van der Waals surface area contributed by atoms with Crippen molar-refractivity contribution < 1.29 is 9.90 Å². The molecular weight excluding hydrogens is 262 g/mol. The number of anilines is 1. The van der Waals surface area contributed by atoms with E-state index in [4.69, 9.17) is 0 Å².